The SMILES string of the molecule is CC(C)CC(NC(=O)C(Cc1c[nH]c2ccccc12)NC(=O)C(NC(=O)C(N)CO)C(C)O)C(=O)O. The summed E-state index contributed by atoms with van der Waals surface area (Å²) >= 11 is 0. The molecule has 5 atom stereocenters. The van der Waals surface area contributed by atoms with Crippen LogP contribution in [-0.2, 0) is 25.6 Å². The lowest BCUT2D eigenvalue weighted by Crippen LogP contribution is -2.60. The average molecular weight is 506 g/mol. The van der Waals surface area contributed by atoms with Gasteiger partial charge in [-0.1, -0.05) is 32.0 Å². The number of aromatic nitrogens is 1. The van der Waals surface area contributed by atoms with Crippen LogP contribution in [0.2, 0.25) is 0 Å². The molecule has 12 nitrogen and oxygen atoms in total. The minimum Gasteiger partial charge on any atom is -0.480 e. The summed E-state index contributed by atoms with van der Waals surface area (Å²) in [4.78, 5) is 53.1. The number of aliphatic hydroxyl groups is 2. The van der Waals surface area contributed by atoms with Crippen LogP contribution in [0, 0.1) is 5.92 Å². The number of aliphatic carboxylic acids is 1. The van der Waals surface area contributed by atoms with E-state index in [0.717, 1.165) is 10.9 Å². The van der Waals surface area contributed by atoms with Crippen molar-refractivity contribution in [2.75, 3.05) is 6.61 Å². The third-order valence-corrected chi connectivity index (χ3v) is 5.65. The molecule has 1 aromatic heterocycles. The van der Waals surface area contributed by atoms with Crippen molar-refractivity contribution in [2.45, 2.75) is 63.9 Å². The summed E-state index contributed by atoms with van der Waals surface area (Å²) in [6, 6.07) is 2.16. The maximum absolute atomic E-state index is 13.2. The summed E-state index contributed by atoms with van der Waals surface area (Å²) in [7, 11) is 0. The largest absolute Gasteiger partial charge is 0.480 e. The molecule has 0 aliphatic carbocycles. The normalized spacial score (nSPS) is 15.5. The molecule has 0 aliphatic heterocycles. The zero-order chi connectivity index (χ0) is 27.0. The van der Waals surface area contributed by atoms with Crippen LogP contribution in [0.3, 0.4) is 0 Å². The second kappa shape index (κ2) is 13.0. The van der Waals surface area contributed by atoms with Gasteiger partial charge in [-0.25, -0.2) is 4.79 Å². The molecular weight excluding hydrogens is 470 g/mol. The lowest BCUT2D eigenvalue weighted by atomic mass is 10.0. The first-order valence-corrected chi connectivity index (χ1v) is 11.7. The number of fused-ring (bicyclic) bond motifs is 1. The highest BCUT2D eigenvalue weighted by Gasteiger charge is 2.33. The van der Waals surface area contributed by atoms with Gasteiger partial charge in [0.25, 0.3) is 0 Å². The number of H-pyrrole nitrogens is 1. The molecule has 0 spiro atoms. The number of nitrogens with two attached hydrogens (primary N) is 1. The summed E-state index contributed by atoms with van der Waals surface area (Å²) in [5.74, 6) is -3.69. The Morgan fingerprint density at radius 2 is 1.61 bits per heavy atom. The van der Waals surface area contributed by atoms with Gasteiger partial charge in [0.1, 0.15) is 24.2 Å². The van der Waals surface area contributed by atoms with Crippen molar-refractivity contribution in [3.05, 3.63) is 36.0 Å². The highest BCUT2D eigenvalue weighted by atomic mass is 16.4. The van der Waals surface area contributed by atoms with E-state index in [2.05, 4.69) is 20.9 Å². The summed E-state index contributed by atoms with van der Waals surface area (Å²) in [6.45, 7) is 4.24. The highest BCUT2D eigenvalue weighted by Crippen LogP contribution is 2.19. The Hall–Kier alpha value is -3.48. The molecule has 0 fully saturated rings. The molecule has 12 heteroatoms. The number of para-hydroxylation sites is 1. The third kappa shape index (κ3) is 7.77. The fourth-order valence-electron chi connectivity index (χ4n) is 3.70. The molecule has 5 unspecified atom stereocenters. The minimum absolute atomic E-state index is 0.00618. The predicted molar refractivity (Wildman–Crippen MR) is 132 cm³/mol. The number of hydrogen-bond acceptors (Lipinski definition) is 7. The second-order valence-corrected chi connectivity index (χ2v) is 9.17. The van der Waals surface area contributed by atoms with Crippen LogP contribution in [0.1, 0.15) is 32.8 Å². The van der Waals surface area contributed by atoms with E-state index in [9.17, 15) is 29.4 Å². The molecule has 0 saturated heterocycles. The first-order valence-electron chi connectivity index (χ1n) is 11.7. The summed E-state index contributed by atoms with van der Waals surface area (Å²) in [5.41, 5.74) is 6.99. The van der Waals surface area contributed by atoms with Crippen LogP contribution in [0.4, 0.5) is 0 Å². The molecule has 2 rings (SSSR count). The van der Waals surface area contributed by atoms with E-state index in [-0.39, 0.29) is 18.8 Å². The van der Waals surface area contributed by atoms with Gasteiger partial charge in [0.05, 0.1) is 12.7 Å². The van der Waals surface area contributed by atoms with Gasteiger partial charge in [0.15, 0.2) is 0 Å². The Morgan fingerprint density at radius 3 is 2.19 bits per heavy atom. The molecule has 0 saturated carbocycles. The first-order chi connectivity index (χ1) is 16.9. The van der Waals surface area contributed by atoms with Crippen molar-refractivity contribution in [2.24, 2.45) is 11.7 Å². The third-order valence-electron chi connectivity index (χ3n) is 5.65. The highest BCUT2D eigenvalue weighted by molar-refractivity contribution is 5.95. The van der Waals surface area contributed by atoms with Crippen molar-refractivity contribution in [1.82, 2.24) is 20.9 Å². The molecule has 36 heavy (non-hydrogen) atoms. The van der Waals surface area contributed by atoms with Crippen LogP contribution in [-0.4, -0.2) is 80.9 Å². The van der Waals surface area contributed by atoms with Gasteiger partial charge in [0.2, 0.25) is 17.7 Å². The molecule has 3 amide bonds. The summed E-state index contributed by atoms with van der Waals surface area (Å²) < 4.78 is 0. The van der Waals surface area contributed by atoms with Crippen molar-refractivity contribution in [3.63, 3.8) is 0 Å². The molecule has 0 aliphatic rings. The Morgan fingerprint density at radius 1 is 0.972 bits per heavy atom. The number of carbonyl (C=O) groups excluding carboxylic acids is 3. The number of benzene rings is 1. The quantitative estimate of drug-likeness (QED) is 0.169. The minimum atomic E-state index is -1.47. The molecular formula is C24H35N5O7. The van der Waals surface area contributed by atoms with E-state index in [0.29, 0.717) is 5.56 Å². The van der Waals surface area contributed by atoms with E-state index < -0.39 is 60.6 Å². The number of hydrogen-bond donors (Lipinski definition) is 8. The van der Waals surface area contributed by atoms with Crippen LogP contribution < -0.4 is 21.7 Å². The van der Waals surface area contributed by atoms with Crippen LogP contribution >= 0.6 is 0 Å². The first kappa shape index (κ1) is 28.8. The number of amides is 3. The van der Waals surface area contributed by atoms with E-state index in [4.69, 9.17) is 10.8 Å². The van der Waals surface area contributed by atoms with E-state index >= 15 is 0 Å². The van der Waals surface area contributed by atoms with Gasteiger partial charge in [-0.05, 0) is 30.9 Å². The van der Waals surface area contributed by atoms with Gasteiger partial charge in [-0.15, -0.1) is 0 Å². The molecule has 1 heterocycles. The monoisotopic (exact) mass is 505 g/mol. The Kier molecular flexibility index (Phi) is 10.4. The molecule has 9 N–H and O–H groups in total. The maximum atomic E-state index is 13.2. The average Bonchev–Trinajstić information content (AvgIpc) is 3.22. The molecule has 1 aromatic carbocycles. The summed E-state index contributed by atoms with van der Waals surface area (Å²) in [5, 5.41) is 36.8. The fraction of sp³-hybridized carbons (Fsp3) is 0.500. The van der Waals surface area contributed by atoms with Crippen LogP contribution in [0.15, 0.2) is 30.5 Å². The van der Waals surface area contributed by atoms with Gasteiger partial charge in [-0.3, -0.25) is 14.4 Å². The van der Waals surface area contributed by atoms with E-state index in [1.165, 1.54) is 6.92 Å². The number of aromatic amines is 1. The van der Waals surface area contributed by atoms with Crippen LogP contribution in [0.25, 0.3) is 10.9 Å². The van der Waals surface area contributed by atoms with E-state index in [1.807, 2.05) is 38.1 Å². The second-order valence-electron chi connectivity index (χ2n) is 9.17. The number of carboxylic acid groups (broad SMARTS) is 1. The number of nitrogens with one attached hydrogen (secondary N) is 4. The Balaban J connectivity index is 2.32. The standard InChI is InChI=1S/C24H35N5O7/c1-12(2)8-19(24(35)36)28-22(33)18(9-14-10-26-17-7-5-4-6-15(14)17)27-23(34)20(13(3)31)29-21(32)16(25)11-30/h4-7,10,12-13,16,18-20,26,30-31H,8-9,11,25H2,1-3H3,(H,27,34)(H,28,33)(H,29,32)(H,35,36). The topological polar surface area (TPSA) is 207 Å². The van der Waals surface area contributed by atoms with Crippen LogP contribution in [0.5, 0.6) is 0 Å². The van der Waals surface area contributed by atoms with E-state index in [1.54, 1.807) is 6.20 Å². The lowest BCUT2D eigenvalue weighted by molar-refractivity contribution is -0.143. The zero-order valence-electron chi connectivity index (χ0n) is 20.5. The van der Waals surface area contributed by atoms with Gasteiger partial charge in [0, 0.05) is 23.5 Å². The van der Waals surface area contributed by atoms with Crippen molar-refractivity contribution >= 4 is 34.6 Å². The van der Waals surface area contributed by atoms with Crippen molar-refractivity contribution in [3.8, 4) is 0 Å². The smallest absolute Gasteiger partial charge is 0.326 e. The fourth-order valence-corrected chi connectivity index (χ4v) is 3.70. The predicted octanol–water partition coefficient (Wildman–Crippen LogP) is -1.00. The Labute approximate surface area is 208 Å². The zero-order valence-corrected chi connectivity index (χ0v) is 20.5. The number of rotatable bonds is 13. The molecule has 0 bridgehead atoms. The van der Waals surface area contributed by atoms with Gasteiger partial charge < -0.3 is 42.0 Å². The molecule has 198 valence electrons. The number of aliphatic hydroxyl groups excluding tert-OH is 2. The van der Waals surface area contributed by atoms with Gasteiger partial charge >= 0.3 is 5.97 Å². The maximum Gasteiger partial charge on any atom is 0.326 e. The summed E-state index contributed by atoms with van der Waals surface area (Å²) in [6.07, 6.45) is 0.518. The number of carboxylic acids is 1. The van der Waals surface area contributed by atoms with Crippen molar-refractivity contribution in [1.29, 1.82) is 0 Å². The molecule has 2 aromatic rings. The molecule has 0 radical (unpaired) electrons. The Bertz CT molecular complexity index is 1070. The lowest BCUT2D eigenvalue weighted by Gasteiger charge is -2.26. The van der Waals surface area contributed by atoms with Gasteiger partial charge in [-0.2, -0.15) is 0 Å². The number of carbonyl (C=O) groups is 4. The van der Waals surface area contributed by atoms with Crippen molar-refractivity contribution < 1.29 is 34.5 Å².